The number of carbonyl (C=O) groups is 2. The van der Waals surface area contributed by atoms with E-state index in [2.05, 4.69) is 33.0 Å². The number of carbonyl (C=O) groups excluding carboxylic acids is 2. The van der Waals surface area contributed by atoms with E-state index in [9.17, 15) is 9.59 Å². The number of nitrogens with one attached hydrogen (secondary N) is 1. The number of hydrogen-bond acceptors (Lipinski definition) is 6. The van der Waals surface area contributed by atoms with Crippen LogP contribution in [0.4, 0.5) is 0 Å². The zero-order chi connectivity index (χ0) is 24.9. The zero-order valence-corrected chi connectivity index (χ0v) is 22.0. The lowest BCUT2D eigenvalue weighted by molar-refractivity contribution is -0.168. The standard InChI is InChI=1S/C26H48N2O5/c1-24(2,3)33-23(30)15-21-13-19(17-26(6,7)32-21)9-11-28-22(29)14-20-12-18(8-10-27)16-25(4,5)31-20/h18-21H,8-17,27H2,1-7H3,(H,28,29)/t18-,19-,20-,21-/m1/s1. The van der Waals surface area contributed by atoms with Crippen LogP contribution in [0.15, 0.2) is 0 Å². The van der Waals surface area contributed by atoms with E-state index in [1.807, 2.05) is 20.8 Å². The lowest BCUT2D eigenvalue weighted by Crippen LogP contribution is -2.43. The van der Waals surface area contributed by atoms with Gasteiger partial charge in [-0.1, -0.05) is 0 Å². The summed E-state index contributed by atoms with van der Waals surface area (Å²) in [7, 11) is 0. The maximum atomic E-state index is 12.6. The van der Waals surface area contributed by atoms with E-state index < -0.39 is 5.60 Å². The molecule has 3 N–H and O–H groups in total. The number of rotatable bonds is 9. The SMILES string of the molecule is CC(C)(C)OC(=O)C[C@H]1C[C@@H](CCNC(=O)C[C@H]2C[C@@H](CCN)CC(C)(C)O2)CC(C)(C)O1. The molecule has 2 fully saturated rings. The van der Waals surface area contributed by atoms with E-state index >= 15 is 0 Å². The molecule has 0 radical (unpaired) electrons. The molecule has 0 aromatic rings. The third kappa shape index (κ3) is 10.7. The summed E-state index contributed by atoms with van der Waals surface area (Å²) in [5, 5.41) is 3.09. The molecule has 2 aliphatic heterocycles. The highest BCUT2D eigenvalue weighted by Gasteiger charge is 2.37. The van der Waals surface area contributed by atoms with Crippen molar-refractivity contribution >= 4 is 11.9 Å². The van der Waals surface area contributed by atoms with Crippen molar-refractivity contribution in [2.45, 2.75) is 129 Å². The molecule has 33 heavy (non-hydrogen) atoms. The molecule has 0 unspecified atom stereocenters. The topological polar surface area (TPSA) is 99.9 Å². The average molecular weight is 469 g/mol. The zero-order valence-electron chi connectivity index (χ0n) is 22.0. The van der Waals surface area contributed by atoms with Gasteiger partial charge in [-0.3, -0.25) is 9.59 Å². The van der Waals surface area contributed by atoms with Gasteiger partial charge in [0.2, 0.25) is 5.91 Å². The molecular formula is C26H48N2O5. The first-order valence-corrected chi connectivity index (χ1v) is 12.7. The first-order valence-electron chi connectivity index (χ1n) is 12.7. The van der Waals surface area contributed by atoms with Crippen LogP contribution in [0, 0.1) is 11.8 Å². The second kappa shape index (κ2) is 11.5. The van der Waals surface area contributed by atoms with Gasteiger partial charge in [0.25, 0.3) is 0 Å². The van der Waals surface area contributed by atoms with Crippen molar-refractivity contribution in [3.8, 4) is 0 Å². The van der Waals surface area contributed by atoms with Crippen molar-refractivity contribution in [1.29, 1.82) is 0 Å². The van der Waals surface area contributed by atoms with Gasteiger partial charge in [0, 0.05) is 6.54 Å². The molecule has 7 heteroatoms. The summed E-state index contributed by atoms with van der Waals surface area (Å²) in [5.41, 5.74) is 4.76. The van der Waals surface area contributed by atoms with Crippen molar-refractivity contribution in [2.75, 3.05) is 13.1 Å². The van der Waals surface area contributed by atoms with Gasteiger partial charge >= 0.3 is 5.97 Å². The molecule has 0 aromatic carbocycles. The van der Waals surface area contributed by atoms with Crippen molar-refractivity contribution in [3.05, 3.63) is 0 Å². The van der Waals surface area contributed by atoms with Gasteiger partial charge in [-0.05, 0) is 105 Å². The van der Waals surface area contributed by atoms with Crippen LogP contribution in [-0.2, 0) is 23.8 Å². The molecule has 2 rings (SSSR count). The number of hydrogen-bond donors (Lipinski definition) is 2. The van der Waals surface area contributed by atoms with Crippen LogP contribution in [0.1, 0.15) is 99.8 Å². The van der Waals surface area contributed by atoms with Crippen LogP contribution in [0.3, 0.4) is 0 Å². The van der Waals surface area contributed by atoms with E-state index in [1.54, 1.807) is 0 Å². The summed E-state index contributed by atoms with van der Waals surface area (Å²) in [6.07, 6.45) is 5.92. The van der Waals surface area contributed by atoms with Gasteiger partial charge in [0.1, 0.15) is 5.60 Å². The lowest BCUT2D eigenvalue weighted by atomic mass is 9.82. The minimum atomic E-state index is -0.494. The lowest BCUT2D eigenvalue weighted by Gasteiger charge is -2.41. The Hall–Kier alpha value is -1.18. The largest absolute Gasteiger partial charge is 0.460 e. The molecule has 1 amide bonds. The Labute approximate surface area is 200 Å². The van der Waals surface area contributed by atoms with E-state index in [4.69, 9.17) is 19.9 Å². The maximum absolute atomic E-state index is 12.6. The molecule has 0 spiro atoms. The summed E-state index contributed by atoms with van der Waals surface area (Å²) < 4.78 is 17.8. The number of amides is 1. The van der Waals surface area contributed by atoms with Crippen molar-refractivity contribution in [3.63, 3.8) is 0 Å². The molecule has 2 heterocycles. The van der Waals surface area contributed by atoms with Crippen LogP contribution in [0.25, 0.3) is 0 Å². The molecule has 2 saturated heterocycles. The van der Waals surface area contributed by atoms with Crippen LogP contribution < -0.4 is 11.1 Å². The maximum Gasteiger partial charge on any atom is 0.308 e. The molecule has 192 valence electrons. The minimum Gasteiger partial charge on any atom is -0.460 e. The Morgan fingerprint density at radius 3 is 1.97 bits per heavy atom. The first-order chi connectivity index (χ1) is 15.2. The molecule has 2 aliphatic rings. The van der Waals surface area contributed by atoms with E-state index in [1.165, 1.54) is 0 Å². The molecule has 0 aliphatic carbocycles. The third-order valence-electron chi connectivity index (χ3n) is 6.40. The Morgan fingerprint density at radius 1 is 0.939 bits per heavy atom. The monoisotopic (exact) mass is 468 g/mol. The van der Waals surface area contributed by atoms with Crippen molar-refractivity contribution in [2.24, 2.45) is 17.6 Å². The molecular weight excluding hydrogens is 420 g/mol. The number of esters is 1. The fourth-order valence-electron chi connectivity index (χ4n) is 5.58. The van der Waals surface area contributed by atoms with Gasteiger partial charge in [0.05, 0.1) is 36.3 Å². The van der Waals surface area contributed by atoms with Gasteiger partial charge in [-0.25, -0.2) is 0 Å². The van der Waals surface area contributed by atoms with E-state index in [-0.39, 0.29) is 41.7 Å². The highest BCUT2D eigenvalue weighted by atomic mass is 16.6. The van der Waals surface area contributed by atoms with Crippen LogP contribution in [-0.4, -0.2) is 54.0 Å². The van der Waals surface area contributed by atoms with Crippen molar-refractivity contribution < 1.29 is 23.8 Å². The quantitative estimate of drug-likeness (QED) is 0.494. The first kappa shape index (κ1) is 28.1. The summed E-state index contributed by atoms with van der Waals surface area (Å²) in [4.78, 5) is 24.9. The molecule has 0 saturated carbocycles. The fraction of sp³-hybridized carbons (Fsp3) is 0.923. The third-order valence-corrected chi connectivity index (χ3v) is 6.40. The summed E-state index contributed by atoms with van der Waals surface area (Å²) in [6.45, 7) is 15.3. The Morgan fingerprint density at radius 2 is 1.45 bits per heavy atom. The van der Waals surface area contributed by atoms with Crippen LogP contribution in [0.5, 0.6) is 0 Å². The van der Waals surface area contributed by atoms with Gasteiger partial charge in [0.15, 0.2) is 0 Å². The highest BCUT2D eigenvalue weighted by molar-refractivity contribution is 5.76. The summed E-state index contributed by atoms with van der Waals surface area (Å²) in [5.74, 6) is 0.727. The summed E-state index contributed by atoms with van der Waals surface area (Å²) in [6, 6.07) is 0. The Balaban J connectivity index is 1.78. The van der Waals surface area contributed by atoms with Gasteiger partial charge < -0.3 is 25.3 Å². The molecule has 7 nitrogen and oxygen atoms in total. The predicted molar refractivity (Wildman–Crippen MR) is 130 cm³/mol. The average Bonchev–Trinajstić information content (AvgIpc) is 2.57. The highest BCUT2D eigenvalue weighted by Crippen LogP contribution is 2.36. The van der Waals surface area contributed by atoms with Crippen LogP contribution >= 0.6 is 0 Å². The Kier molecular flexibility index (Phi) is 9.78. The second-order valence-corrected chi connectivity index (χ2v) is 12.3. The fourth-order valence-corrected chi connectivity index (χ4v) is 5.58. The molecule has 4 atom stereocenters. The number of ether oxygens (including phenoxy) is 3. The van der Waals surface area contributed by atoms with Crippen LogP contribution in [0.2, 0.25) is 0 Å². The van der Waals surface area contributed by atoms with E-state index in [0.717, 1.165) is 38.5 Å². The second-order valence-electron chi connectivity index (χ2n) is 12.3. The van der Waals surface area contributed by atoms with Crippen molar-refractivity contribution in [1.82, 2.24) is 5.32 Å². The van der Waals surface area contributed by atoms with E-state index in [0.29, 0.717) is 31.3 Å². The Bertz CT molecular complexity index is 656. The summed E-state index contributed by atoms with van der Waals surface area (Å²) >= 11 is 0. The van der Waals surface area contributed by atoms with Gasteiger partial charge in [-0.2, -0.15) is 0 Å². The molecule has 0 aromatic heterocycles. The number of nitrogens with two attached hydrogens (primary N) is 1. The molecule has 0 bridgehead atoms. The van der Waals surface area contributed by atoms with Gasteiger partial charge in [-0.15, -0.1) is 0 Å². The minimum absolute atomic E-state index is 0.0424. The normalized spacial score (nSPS) is 29.3. The smallest absolute Gasteiger partial charge is 0.308 e. The predicted octanol–water partition coefficient (Wildman–Crippen LogP) is 4.11.